The summed E-state index contributed by atoms with van der Waals surface area (Å²) >= 11 is 0. The fourth-order valence-electron chi connectivity index (χ4n) is 8.17. The van der Waals surface area contributed by atoms with Gasteiger partial charge in [0, 0.05) is 5.56 Å². The van der Waals surface area contributed by atoms with Crippen LogP contribution in [0.3, 0.4) is 0 Å². The highest BCUT2D eigenvalue weighted by Gasteiger charge is 2.26. The lowest BCUT2D eigenvalue weighted by molar-refractivity contribution is 0.476. The highest BCUT2D eigenvalue weighted by atomic mass is 16.5. The van der Waals surface area contributed by atoms with Gasteiger partial charge < -0.3 is 4.74 Å². The number of rotatable bonds is 3. The maximum absolute atomic E-state index is 6.69. The summed E-state index contributed by atoms with van der Waals surface area (Å²) in [6.45, 7) is 0. The van der Waals surface area contributed by atoms with Gasteiger partial charge in [-0.15, -0.1) is 0 Å². The minimum atomic E-state index is 0.816. The van der Waals surface area contributed by atoms with E-state index in [2.05, 4.69) is 156 Å². The van der Waals surface area contributed by atoms with Crippen LogP contribution in [-0.2, 0) is 0 Å². The van der Waals surface area contributed by atoms with Crippen LogP contribution in [0, 0.1) is 0 Å². The molecule has 0 radical (unpaired) electrons. The largest absolute Gasteiger partial charge is 0.453 e. The lowest BCUT2D eigenvalue weighted by atomic mass is 9.85. The van der Waals surface area contributed by atoms with Crippen LogP contribution in [0.15, 0.2) is 170 Å². The average Bonchev–Trinajstić information content (AvgIpc) is 3.58. The molecule has 0 saturated heterocycles. The maximum Gasteiger partial charge on any atom is 0.153 e. The van der Waals surface area contributed by atoms with Crippen molar-refractivity contribution in [1.82, 2.24) is 9.55 Å². The summed E-state index contributed by atoms with van der Waals surface area (Å²) in [6.07, 6.45) is 0. The van der Waals surface area contributed by atoms with Gasteiger partial charge in [0.05, 0.1) is 11.2 Å². The third-order valence-corrected chi connectivity index (χ3v) is 10.3. The van der Waals surface area contributed by atoms with E-state index >= 15 is 0 Å². The van der Waals surface area contributed by atoms with E-state index in [1.165, 1.54) is 59.8 Å². The minimum absolute atomic E-state index is 0.816. The standard InChI is InChI=1S/C47H28N2O/c1-2-12-30(13-3-1)47-48-40-19-10-20-42-46(40)49(47)41-26-24-33(28-43(41)50-42)45-38-17-8-6-15-36(38)44(37-16-7-9-18-39(37)45)32-23-25-35-31(27-32)22-21-29-11-4-5-14-34(29)35/h1-28H. The molecule has 0 atom stereocenters. The molecule has 0 aliphatic carbocycles. The highest BCUT2D eigenvalue weighted by molar-refractivity contribution is 6.22. The second-order valence-corrected chi connectivity index (χ2v) is 13.1. The molecule has 0 fully saturated rings. The Labute approximate surface area is 288 Å². The van der Waals surface area contributed by atoms with Crippen LogP contribution in [0.4, 0.5) is 0 Å². The Balaban J connectivity index is 1.14. The number of hydrogen-bond acceptors (Lipinski definition) is 2. The molecule has 232 valence electrons. The second-order valence-electron chi connectivity index (χ2n) is 13.1. The van der Waals surface area contributed by atoms with E-state index in [9.17, 15) is 0 Å². The summed E-state index contributed by atoms with van der Waals surface area (Å²) in [6, 6.07) is 60.9. The van der Waals surface area contributed by atoms with E-state index in [0.717, 1.165) is 45.2 Å². The zero-order valence-electron chi connectivity index (χ0n) is 27.0. The summed E-state index contributed by atoms with van der Waals surface area (Å²) in [5, 5.41) is 9.95. The first kappa shape index (κ1) is 27.3. The van der Waals surface area contributed by atoms with Gasteiger partial charge in [0.15, 0.2) is 11.5 Å². The Kier molecular flexibility index (Phi) is 5.67. The number of imidazole rings is 1. The maximum atomic E-state index is 6.69. The number of fused-ring (bicyclic) bond motifs is 7. The summed E-state index contributed by atoms with van der Waals surface area (Å²) < 4.78 is 8.94. The molecule has 11 rings (SSSR count). The van der Waals surface area contributed by atoms with Gasteiger partial charge in [-0.2, -0.15) is 0 Å². The van der Waals surface area contributed by atoms with Crippen molar-refractivity contribution in [1.29, 1.82) is 0 Å². The first-order valence-corrected chi connectivity index (χ1v) is 17.0. The van der Waals surface area contributed by atoms with Crippen LogP contribution in [0.25, 0.3) is 93.5 Å². The van der Waals surface area contributed by atoms with E-state index < -0.39 is 0 Å². The molecular weight excluding hydrogens is 609 g/mol. The molecule has 0 N–H and O–H groups in total. The van der Waals surface area contributed by atoms with E-state index in [4.69, 9.17) is 9.72 Å². The topological polar surface area (TPSA) is 27.1 Å². The van der Waals surface area contributed by atoms with Gasteiger partial charge in [0.25, 0.3) is 0 Å². The zero-order chi connectivity index (χ0) is 32.8. The molecular formula is C47H28N2O. The van der Waals surface area contributed by atoms with Crippen molar-refractivity contribution in [2.75, 3.05) is 0 Å². The first-order chi connectivity index (χ1) is 24.8. The van der Waals surface area contributed by atoms with Crippen LogP contribution in [0.2, 0.25) is 0 Å². The molecule has 50 heavy (non-hydrogen) atoms. The fraction of sp³-hybridized carbons (Fsp3) is 0. The van der Waals surface area contributed by atoms with Crippen LogP contribution in [0.1, 0.15) is 0 Å². The molecule has 0 saturated carbocycles. The van der Waals surface area contributed by atoms with E-state index in [1.54, 1.807) is 0 Å². The Hall–Kier alpha value is -6.71. The smallest absolute Gasteiger partial charge is 0.153 e. The molecule has 1 aromatic heterocycles. The summed E-state index contributed by atoms with van der Waals surface area (Å²) in [4.78, 5) is 5.07. The normalized spacial score (nSPS) is 12.2. The number of benzene rings is 9. The molecule has 9 aromatic carbocycles. The van der Waals surface area contributed by atoms with Crippen LogP contribution >= 0.6 is 0 Å². The van der Waals surface area contributed by atoms with Crippen LogP contribution in [0.5, 0.6) is 11.5 Å². The van der Waals surface area contributed by atoms with Crippen molar-refractivity contribution >= 4 is 54.1 Å². The lowest BCUT2D eigenvalue weighted by Crippen LogP contribution is -2.06. The van der Waals surface area contributed by atoms with Crippen molar-refractivity contribution in [3.8, 4) is 50.8 Å². The van der Waals surface area contributed by atoms with Gasteiger partial charge >= 0.3 is 0 Å². The Bertz CT molecular complexity index is 2950. The van der Waals surface area contributed by atoms with Crippen molar-refractivity contribution in [2.45, 2.75) is 0 Å². The molecule has 0 unspecified atom stereocenters. The number of nitrogens with zero attached hydrogens (tertiary/aromatic N) is 2. The van der Waals surface area contributed by atoms with Gasteiger partial charge in [-0.3, -0.25) is 4.57 Å². The Morgan fingerprint density at radius 2 is 1.00 bits per heavy atom. The van der Waals surface area contributed by atoms with Crippen molar-refractivity contribution in [2.24, 2.45) is 0 Å². The minimum Gasteiger partial charge on any atom is -0.453 e. The van der Waals surface area contributed by atoms with E-state index in [1.807, 2.05) is 18.2 Å². The molecule has 10 aromatic rings. The molecule has 3 nitrogen and oxygen atoms in total. The first-order valence-electron chi connectivity index (χ1n) is 17.0. The molecule has 0 amide bonds. The second kappa shape index (κ2) is 10.4. The molecule has 0 spiro atoms. The Morgan fingerprint density at radius 1 is 0.400 bits per heavy atom. The van der Waals surface area contributed by atoms with Crippen LogP contribution < -0.4 is 4.74 Å². The number of hydrogen-bond donors (Lipinski definition) is 0. The highest BCUT2D eigenvalue weighted by Crippen LogP contribution is 2.48. The van der Waals surface area contributed by atoms with Gasteiger partial charge in [0.1, 0.15) is 11.3 Å². The van der Waals surface area contributed by atoms with Crippen LogP contribution in [-0.4, -0.2) is 9.55 Å². The zero-order valence-corrected chi connectivity index (χ0v) is 27.0. The molecule has 1 aliphatic rings. The van der Waals surface area contributed by atoms with Crippen molar-refractivity contribution in [3.63, 3.8) is 0 Å². The molecule has 2 heterocycles. The quantitative estimate of drug-likeness (QED) is 0.143. The summed E-state index contributed by atoms with van der Waals surface area (Å²) in [5.74, 6) is 2.54. The van der Waals surface area contributed by atoms with Crippen molar-refractivity contribution in [3.05, 3.63) is 170 Å². The van der Waals surface area contributed by atoms with Gasteiger partial charge in [-0.05, 0) is 95.7 Å². The fourth-order valence-corrected chi connectivity index (χ4v) is 8.17. The third kappa shape index (κ3) is 3.89. The van der Waals surface area contributed by atoms with Gasteiger partial charge in [-0.25, -0.2) is 4.98 Å². The van der Waals surface area contributed by atoms with Crippen molar-refractivity contribution < 1.29 is 4.74 Å². The summed E-state index contributed by atoms with van der Waals surface area (Å²) in [5.41, 5.74) is 8.77. The lowest BCUT2D eigenvalue weighted by Gasteiger charge is -2.23. The van der Waals surface area contributed by atoms with E-state index in [0.29, 0.717) is 0 Å². The van der Waals surface area contributed by atoms with E-state index in [-0.39, 0.29) is 0 Å². The number of aromatic nitrogens is 2. The van der Waals surface area contributed by atoms with Gasteiger partial charge in [-0.1, -0.05) is 140 Å². The SMILES string of the molecule is c1ccc(-c2nc3cccc4c3n2-c2ccc(-c3c5ccccc5c(-c5ccc6c(ccc7ccccc76)c5)c5ccccc35)cc2O4)cc1. The predicted molar refractivity (Wildman–Crippen MR) is 207 cm³/mol. The molecule has 3 heteroatoms. The monoisotopic (exact) mass is 636 g/mol. The summed E-state index contributed by atoms with van der Waals surface area (Å²) in [7, 11) is 0. The molecule has 1 aliphatic heterocycles. The predicted octanol–water partition coefficient (Wildman–Crippen LogP) is 12.7. The average molecular weight is 637 g/mol. The number of ether oxygens (including phenoxy) is 1. The number of para-hydroxylation sites is 1. The van der Waals surface area contributed by atoms with Gasteiger partial charge in [0.2, 0.25) is 0 Å². The molecule has 0 bridgehead atoms. The Morgan fingerprint density at radius 3 is 1.74 bits per heavy atom. The third-order valence-electron chi connectivity index (χ3n) is 10.3.